The third-order valence-corrected chi connectivity index (χ3v) is 8.32. The topological polar surface area (TPSA) is 48.2 Å². The van der Waals surface area contributed by atoms with E-state index in [1.54, 1.807) is 18.0 Å². The van der Waals surface area contributed by atoms with Crippen LogP contribution in [-0.4, -0.2) is 58.2 Å². The Balaban J connectivity index is 1.21. The first-order chi connectivity index (χ1) is 15.8. The van der Waals surface area contributed by atoms with Crippen molar-refractivity contribution in [3.63, 3.8) is 0 Å². The van der Waals surface area contributed by atoms with Gasteiger partial charge in [0, 0.05) is 37.8 Å². The quantitative estimate of drug-likeness (QED) is 0.629. The predicted octanol–water partition coefficient (Wildman–Crippen LogP) is 3.26. The van der Waals surface area contributed by atoms with Crippen LogP contribution in [0, 0.1) is 0 Å². The van der Waals surface area contributed by atoms with Crippen molar-refractivity contribution < 1.29 is 4.79 Å². The summed E-state index contributed by atoms with van der Waals surface area (Å²) in [5.41, 5.74) is 3.63. The number of hydrogen-bond acceptors (Lipinski definition) is 5. The average molecular weight is 443 g/mol. The number of carbonyl (C=O) groups excluding carboxylic acids is 1. The van der Waals surface area contributed by atoms with E-state index in [1.807, 2.05) is 12.3 Å². The molecule has 3 unspecified atom stereocenters. The molecule has 1 N–H and O–H groups in total. The zero-order valence-electron chi connectivity index (χ0n) is 17.8. The number of rotatable bonds is 4. The van der Waals surface area contributed by atoms with Gasteiger partial charge in [-0.1, -0.05) is 66.7 Å². The molecule has 3 saturated heterocycles. The number of fused-ring (bicyclic) bond motifs is 1. The summed E-state index contributed by atoms with van der Waals surface area (Å²) in [5, 5.41) is 3.67. The number of thioether (sulfide) groups is 1. The molecular formula is C26H26N4OS. The number of piperazine rings is 1. The van der Waals surface area contributed by atoms with Crippen LogP contribution in [0.1, 0.15) is 22.1 Å². The average Bonchev–Trinajstić information content (AvgIpc) is 3.28. The van der Waals surface area contributed by atoms with Gasteiger partial charge in [-0.3, -0.25) is 20.0 Å². The van der Waals surface area contributed by atoms with E-state index < -0.39 is 0 Å². The largest absolute Gasteiger partial charge is 0.338 e. The molecule has 32 heavy (non-hydrogen) atoms. The van der Waals surface area contributed by atoms with Crippen LogP contribution in [0.2, 0.25) is 0 Å². The van der Waals surface area contributed by atoms with Gasteiger partial charge in [0.25, 0.3) is 0 Å². The molecule has 162 valence electrons. The standard InChI is InChI=1S/C26H26N4OS/c31-25(22-18-32-24(28-22)19-8-7-13-27-16-19)29-14-15-30-23(17-29)26(30,20-9-3-1-4-10-20)21-11-5-2-6-12-21/h1-13,16,22-24,28H,14-15,17-18H2/t22-,23?,24?,30?/m0/s1. The zero-order valence-corrected chi connectivity index (χ0v) is 18.6. The van der Waals surface area contributed by atoms with Gasteiger partial charge in [0.15, 0.2) is 0 Å². The second-order valence-electron chi connectivity index (χ2n) is 8.71. The molecule has 4 heterocycles. The fourth-order valence-corrected chi connectivity index (χ4v) is 6.74. The maximum atomic E-state index is 13.4. The number of hydrogen-bond donors (Lipinski definition) is 1. The minimum Gasteiger partial charge on any atom is -0.338 e. The third-order valence-electron chi connectivity index (χ3n) is 7.05. The number of carbonyl (C=O) groups is 1. The molecule has 3 aliphatic rings. The fraction of sp³-hybridized carbons (Fsp3) is 0.308. The molecule has 0 spiro atoms. The summed E-state index contributed by atoms with van der Waals surface area (Å²) in [6.07, 6.45) is 3.67. The van der Waals surface area contributed by atoms with Crippen molar-refractivity contribution in [3.8, 4) is 0 Å². The number of aromatic nitrogens is 1. The third kappa shape index (κ3) is 3.17. The van der Waals surface area contributed by atoms with Crippen molar-refractivity contribution in [2.75, 3.05) is 25.4 Å². The molecule has 0 aliphatic carbocycles. The Kier molecular flexibility index (Phi) is 5.01. The summed E-state index contributed by atoms with van der Waals surface area (Å²) in [4.78, 5) is 22.3. The highest BCUT2D eigenvalue weighted by Crippen LogP contribution is 2.56. The molecule has 6 rings (SSSR count). The van der Waals surface area contributed by atoms with E-state index in [0.29, 0.717) is 6.04 Å². The summed E-state index contributed by atoms with van der Waals surface area (Å²) in [5.74, 6) is 1.02. The highest BCUT2D eigenvalue weighted by Gasteiger charge is 2.66. The van der Waals surface area contributed by atoms with Crippen molar-refractivity contribution in [2.45, 2.75) is 23.0 Å². The lowest BCUT2D eigenvalue weighted by molar-refractivity contribution is -0.133. The first-order valence-corrected chi connectivity index (χ1v) is 12.3. The van der Waals surface area contributed by atoms with Gasteiger partial charge in [-0.25, -0.2) is 0 Å². The molecule has 0 bridgehead atoms. The van der Waals surface area contributed by atoms with Crippen LogP contribution in [0.25, 0.3) is 0 Å². The second kappa shape index (κ2) is 8.03. The molecular weight excluding hydrogens is 416 g/mol. The first-order valence-electron chi connectivity index (χ1n) is 11.2. The van der Waals surface area contributed by atoms with Crippen molar-refractivity contribution >= 4 is 17.7 Å². The predicted molar refractivity (Wildman–Crippen MR) is 127 cm³/mol. The van der Waals surface area contributed by atoms with Crippen molar-refractivity contribution in [3.05, 3.63) is 102 Å². The van der Waals surface area contributed by atoms with Gasteiger partial charge >= 0.3 is 0 Å². The number of nitrogens with one attached hydrogen (secondary N) is 1. The number of pyridine rings is 1. The summed E-state index contributed by atoms with van der Waals surface area (Å²) >= 11 is 1.79. The lowest BCUT2D eigenvalue weighted by atomic mass is 9.87. The summed E-state index contributed by atoms with van der Waals surface area (Å²) in [6, 6.07) is 25.7. The Morgan fingerprint density at radius 1 is 0.969 bits per heavy atom. The molecule has 3 aromatic rings. The number of nitrogens with zero attached hydrogens (tertiary/aromatic N) is 3. The Hall–Kier alpha value is -2.67. The smallest absolute Gasteiger partial charge is 0.240 e. The van der Waals surface area contributed by atoms with Crippen LogP contribution < -0.4 is 5.32 Å². The maximum absolute atomic E-state index is 13.4. The monoisotopic (exact) mass is 442 g/mol. The molecule has 1 amide bonds. The van der Waals surface area contributed by atoms with E-state index in [9.17, 15) is 4.79 Å². The highest BCUT2D eigenvalue weighted by molar-refractivity contribution is 7.99. The molecule has 3 aliphatic heterocycles. The molecule has 1 aromatic heterocycles. The van der Waals surface area contributed by atoms with Gasteiger partial charge < -0.3 is 4.90 Å². The Labute approximate surface area is 192 Å². The molecule has 6 heteroatoms. The molecule has 0 radical (unpaired) electrons. The van der Waals surface area contributed by atoms with Gasteiger partial charge in [-0.05, 0) is 22.8 Å². The minimum atomic E-state index is -0.140. The van der Waals surface area contributed by atoms with E-state index in [4.69, 9.17) is 0 Å². The molecule has 4 atom stereocenters. The lowest BCUT2D eigenvalue weighted by Crippen LogP contribution is -2.50. The van der Waals surface area contributed by atoms with E-state index in [-0.39, 0.29) is 22.9 Å². The van der Waals surface area contributed by atoms with E-state index in [0.717, 1.165) is 31.0 Å². The minimum absolute atomic E-state index is 0.131. The van der Waals surface area contributed by atoms with Crippen LogP contribution in [0.15, 0.2) is 85.2 Å². The molecule has 0 saturated carbocycles. The molecule has 2 aromatic carbocycles. The maximum Gasteiger partial charge on any atom is 0.240 e. The van der Waals surface area contributed by atoms with Crippen molar-refractivity contribution in [1.82, 2.24) is 20.1 Å². The highest BCUT2D eigenvalue weighted by atomic mass is 32.2. The van der Waals surface area contributed by atoms with Crippen molar-refractivity contribution in [1.29, 1.82) is 0 Å². The van der Waals surface area contributed by atoms with Gasteiger partial charge in [0.2, 0.25) is 5.91 Å². The fourth-order valence-electron chi connectivity index (χ4n) is 5.52. The second-order valence-corrected chi connectivity index (χ2v) is 9.85. The summed E-state index contributed by atoms with van der Waals surface area (Å²) < 4.78 is 0. The Morgan fingerprint density at radius 3 is 2.34 bits per heavy atom. The molecule has 5 nitrogen and oxygen atoms in total. The lowest BCUT2D eigenvalue weighted by Gasteiger charge is -2.29. The van der Waals surface area contributed by atoms with Gasteiger partial charge in [0.1, 0.15) is 0 Å². The van der Waals surface area contributed by atoms with E-state index in [1.165, 1.54) is 11.1 Å². The van der Waals surface area contributed by atoms with E-state index >= 15 is 0 Å². The van der Waals surface area contributed by atoms with Gasteiger partial charge in [-0.2, -0.15) is 0 Å². The SMILES string of the molecule is O=C([C@@H]1CSC(c2cccnc2)N1)N1CCN2C(C1)C2(c1ccccc1)c1ccccc1. The summed E-state index contributed by atoms with van der Waals surface area (Å²) in [7, 11) is 0. The normalized spacial score (nSPS) is 28.2. The van der Waals surface area contributed by atoms with Crippen molar-refractivity contribution in [2.24, 2.45) is 0 Å². The van der Waals surface area contributed by atoms with Crippen LogP contribution in [0.3, 0.4) is 0 Å². The number of amides is 1. The zero-order chi connectivity index (χ0) is 21.5. The summed E-state index contributed by atoms with van der Waals surface area (Å²) in [6.45, 7) is 2.44. The Bertz CT molecular complexity index is 1060. The van der Waals surface area contributed by atoms with Gasteiger partial charge in [-0.15, -0.1) is 11.8 Å². The first kappa shape index (κ1) is 20.0. The van der Waals surface area contributed by atoms with Crippen LogP contribution >= 0.6 is 11.8 Å². The number of benzene rings is 2. The van der Waals surface area contributed by atoms with E-state index in [2.05, 4.69) is 86.8 Å². The Morgan fingerprint density at radius 2 is 1.69 bits per heavy atom. The molecule has 3 fully saturated rings. The van der Waals surface area contributed by atoms with Crippen LogP contribution in [0.5, 0.6) is 0 Å². The van der Waals surface area contributed by atoms with Gasteiger partial charge in [0.05, 0.1) is 23.0 Å². The van der Waals surface area contributed by atoms with Crippen LogP contribution in [0.4, 0.5) is 0 Å². The van der Waals surface area contributed by atoms with Crippen LogP contribution in [-0.2, 0) is 10.3 Å².